The Labute approximate surface area is 173 Å². The minimum atomic E-state index is -0.355. The van der Waals surface area contributed by atoms with Crippen molar-refractivity contribution in [3.05, 3.63) is 71.5 Å². The van der Waals surface area contributed by atoms with Gasteiger partial charge in [0.2, 0.25) is 0 Å². The van der Waals surface area contributed by atoms with Crippen molar-refractivity contribution in [2.45, 2.75) is 6.61 Å². The van der Waals surface area contributed by atoms with Gasteiger partial charge in [-0.1, -0.05) is 11.6 Å². The van der Waals surface area contributed by atoms with Crippen LogP contribution >= 0.6 is 11.6 Å². The Morgan fingerprint density at radius 1 is 0.931 bits per heavy atom. The van der Waals surface area contributed by atoms with Gasteiger partial charge in [-0.15, -0.1) is 0 Å². The van der Waals surface area contributed by atoms with Crippen molar-refractivity contribution in [3.63, 3.8) is 0 Å². The van der Waals surface area contributed by atoms with Gasteiger partial charge in [-0.2, -0.15) is 0 Å². The summed E-state index contributed by atoms with van der Waals surface area (Å²) in [6.45, 7) is 0.213. The third kappa shape index (κ3) is 5.52. The van der Waals surface area contributed by atoms with Crippen molar-refractivity contribution in [1.29, 1.82) is 0 Å². The van der Waals surface area contributed by atoms with E-state index in [1.54, 1.807) is 75.0 Å². The van der Waals surface area contributed by atoms with Crippen LogP contribution in [0.4, 0.5) is 16.2 Å². The van der Waals surface area contributed by atoms with Crippen LogP contribution in [-0.4, -0.2) is 25.2 Å². The summed E-state index contributed by atoms with van der Waals surface area (Å²) in [5, 5.41) is 6.09. The van der Waals surface area contributed by atoms with E-state index in [0.29, 0.717) is 39.3 Å². The molecule has 0 bridgehead atoms. The third-order valence-electron chi connectivity index (χ3n) is 3.96. The van der Waals surface area contributed by atoms with Gasteiger partial charge in [0.25, 0.3) is 0 Å². The molecule has 0 saturated carbocycles. The molecular formula is C21H20ClN3O4. The molecule has 2 N–H and O–H groups in total. The van der Waals surface area contributed by atoms with E-state index in [2.05, 4.69) is 15.6 Å². The third-order valence-corrected chi connectivity index (χ3v) is 4.21. The molecule has 0 radical (unpaired) electrons. The summed E-state index contributed by atoms with van der Waals surface area (Å²) in [6.07, 6.45) is 1.63. The highest BCUT2D eigenvalue weighted by molar-refractivity contribution is 6.30. The number of ether oxygens (including phenoxy) is 3. The Hall–Kier alpha value is -3.45. The molecule has 0 spiro atoms. The summed E-state index contributed by atoms with van der Waals surface area (Å²) in [7, 11) is 3.12. The number of hydrogen-bond acceptors (Lipinski definition) is 5. The van der Waals surface area contributed by atoms with Gasteiger partial charge < -0.3 is 24.8 Å². The molecule has 3 rings (SSSR count). The zero-order valence-corrected chi connectivity index (χ0v) is 16.7. The highest BCUT2D eigenvalue weighted by Crippen LogP contribution is 2.29. The first-order chi connectivity index (χ1) is 14.1. The van der Waals surface area contributed by atoms with Crippen molar-refractivity contribution >= 4 is 29.0 Å². The molecule has 2 amide bonds. The molecule has 2 aromatic carbocycles. The number of nitrogens with zero attached hydrogens (tertiary/aromatic N) is 1. The van der Waals surface area contributed by atoms with E-state index in [0.717, 1.165) is 0 Å². The molecule has 1 aromatic heterocycles. The Bertz CT molecular complexity index is 963. The van der Waals surface area contributed by atoms with Crippen LogP contribution < -0.4 is 24.8 Å². The molecule has 0 aliphatic heterocycles. The summed E-state index contributed by atoms with van der Waals surface area (Å²) >= 11 is 5.83. The number of anilines is 2. The molecule has 0 aliphatic rings. The van der Waals surface area contributed by atoms with Crippen molar-refractivity contribution < 1.29 is 19.0 Å². The predicted octanol–water partition coefficient (Wildman–Crippen LogP) is 4.98. The Kier molecular flexibility index (Phi) is 6.76. The van der Waals surface area contributed by atoms with Crippen LogP contribution in [0.1, 0.15) is 5.69 Å². The quantitative estimate of drug-likeness (QED) is 0.571. The first kappa shape index (κ1) is 20.3. The van der Waals surface area contributed by atoms with Gasteiger partial charge in [-0.3, -0.25) is 4.98 Å². The zero-order valence-electron chi connectivity index (χ0n) is 15.9. The highest BCUT2D eigenvalue weighted by Gasteiger charge is 2.11. The number of methoxy groups -OCH3 is 2. The van der Waals surface area contributed by atoms with E-state index in [4.69, 9.17) is 25.8 Å². The van der Waals surface area contributed by atoms with Gasteiger partial charge in [0.05, 0.1) is 14.2 Å². The van der Waals surface area contributed by atoms with Gasteiger partial charge in [-0.05, 0) is 48.5 Å². The van der Waals surface area contributed by atoms with Gasteiger partial charge >= 0.3 is 6.03 Å². The van der Waals surface area contributed by atoms with E-state index >= 15 is 0 Å². The SMILES string of the molecule is COc1ccnc(COc2ccc(NC(=O)Nc3ccc(Cl)cc3)cc2)c1OC. The van der Waals surface area contributed by atoms with Crippen molar-refractivity contribution in [2.24, 2.45) is 0 Å². The largest absolute Gasteiger partial charge is 0.493 e. The minimum Gasteiger partial charge on any atom is -0.493 e. The highest BCUT2D eigenvalue weighted by atomic mass is 35.5. The second-order valence-corrected chi connectivity index (χ2v) is 6.33. The number of nitrogens with one attached hydrogen (secondary N) is 2. The van der Waals surface area contributed by atoms with E-state index in [1.165, 1.54) is 0 Å². The smallest absolute Gasteiger partial charge is 0.323 e. The lowest BCUT2D eigenvalue weighted by Gasteiger charge is -2.13. The van der Waals surface area contributed by atoms with Crippen LogP contribution in [-0.2, 0) is 6.61 Å². The number of carbonyl (C=O) groups is 1. The fraction of sp³-hybridized carbons (Fsp3) is 0.143. The maximum atomic E-state index is 12.1. The molecule has 8 heteroatoms. The van der Waals surface area contributed by atoms with Gasteiger partial charge in [-0.25, -0.2) is 4.79 Å². The number of pyridine rings is 1. The lowest BCUT2D eigenvalue weighted by atomic mass is 10.3. The molecular weight excluding hydrogens is 394 g/mol. The van der Waals surface area contributed by atoms with E-state index in [1.807, 2.05) is 0 Å². The van der Waals surface area contributed by atoms with Crippen LogP contribution in [0.2, 0.25) is 5.02 Å². The number of halogens is 1. The first-order valence-electron chi connectivity index (χ1n) is 8.71. The van der Waals surface area contributed by atoms with E-state index < -0.39 is 0 Å². The fourth-order valence-corrected chi connectivity index (χ4v) is 2.69. The maximum Gasteiger partial charge on any atom is 0.323 e. The Balaban J connectivity index is 1.56. The number of carbonyl (C=O) groups excluding carboxylic acids is 1. The molecule has 0 fully saturated rings. The maximum absolute atomic E-state index is 12.1. The Morgan fingerprint density at radius 2 is 1.55 bits per heavy atom. The predicted molar refractivity (Wildman–Crippen MR) is 112 cm³/mol. The second-order valence-electron chi connectivity index (χ2n) is 5.89. The number of rotatable bonds is 7. The number of amides is 2. The zero-order chi connectivity index (χ0) is 20.6. The molecule has 0 unspecified atom stereocenters. The van der Waals surface area contributed by atoms with Crippen molar-refractivity contribution in [2.75, 3.05) is 24.9 Å². The van der Waals surface area contributed by atoms with Gasteiger partial charge in [0.1, 0.15) is 18.1 Å². The Morgan fingerprint density at radius 3 is 2.14 bits per heavy atom. The number of urea groups is 1. The van der Waals surface area contributed by atoms with Crippen LogP contribution in [0.15, 0.2) is 60.8 Å². The monoisotopic (exact) mass is 413 g/mol. The summed E-state index contributed by atoms with van der Waals surface area (Å²) in [5.41, 5.74) is 1.89. The lowest BCUT2D eigenvalue weighted by Crippen LogP contribution is -2.19. The second kappa shape index (κ2) is 9.66. The van der Waals surface area contributed by atoms with E-state index in [-0.39, 0.29) is 12.6 Å². The molecule has 29 heavy (non-hydrogen) atoms. The number of hydrogen-bond donors (Lipinski definition) is 2. The van der Waals surface area contributed by atoms with Crippen LogP contribution in [0.25, 0.3) is 0 Å². The average Bonchev–Trinajstić information content (AvgIpc) is 2.74. The van der Waals surface area contributed by atoms with Gasteiger partial charge in [0.15, 0.2) is 11.5 Å². The van der Waals surface area contributed by atoms with Crippen molar-refractivity contribution in [1.82, 2.24) is 4.98 Å². The standard InChI is InChI=1S/C21H20ClN3O4/c1-27-19-11-12-23-18(20(19)28-2)13-29-17-9-7-16(8-10-17)25-21(26)24-15-5-3-14(22)4-6-15/h3-12H,13H2,1-2H3,(H2,24,25,26). The van der Waals surface area contributed by atoms with Crippen molar-refractivity contribution in [3.8, 4) is 17.2 Å². The van der Waals surface area contributed by atoms with Gasteiger partial charge in [0, 0.05) is 28.7 Å². The molecule has 0 saturated heterocycles. The fourth-order valence-electron chi connectivity index (χ4n) is 2.57. The average molecular weight is 414 g/mol. The molecule has 1 heterocycles. The first-order valence-corrected chi connectivity index (χ1v) is 9.09. The molecule has 0 atom stereocenters. The summed E-state index contributed by atoms with van der Waals surface area (Å²) in [6, 6.07) is 15.2. The number of aromatic nitrogens is 1. The molecule has 150 valence electrons. The normalized spacial score (nSPS) is 10.2. The van der Waals surface area contributed by atoms with Crippen LogP contribution in [0, 0.1) is 0 Å². The molecule has 7 nitrogen and oxygen atoms in total. The van der Waals surface area contributed by atoms with E-state index in [9.17, 15) is 4.79 Å². The molecule has 0 aliphatic carbocycles. The number of benzene rings is 2. The topological polar surface area (TPSA) is 81.7 Å². The summed E-state index contributed by atoms with van der Waals surface area (Å²) in [4.78, 5) is 16.3. The molecule has 3 aromatic rings. The summed E-state index contributed by atoms with van der Waals surface area (Å²) < 4.78 is 16.4. The lowest BCUT2D eigenvalue weighted by molar-refractivity contribution is 0.262. The van der Waals surface area contributed by atoms with Crippen LogP contribution in [0.3, 0.4) is 0 Å². The summed E-state index contributed by atoms with van der Waals surface area (Å²) in [5.74, 6) is 1.75. The van der Waals surface area contributed by atoms with Crippen LogP contribution in [0.5, 0.6) is 17.2 Å². The minimum absolute atomic E-state index is 0.213.